The summed E-state index contributed by atoms with van der Waals surface area (Å²) in [6.07, 6.45) is 8.38. The van der Waals surface area contributed by atoms with E-state index in [2.05, 4.69) is 36.3 Å². The van der Waals surface area contributed by atoms with E-state index in [1.165, 1.54) is 58.2 Å². The third kappa shape index (κ3) is 3.69. The van der Waals surface area contributed by atoms with Crippen LogP contribution in [0.25, 0.3) is 0 Å². The van der Waals surface area contributed by atoms with Crippen molar-refractivity contribution >= 4 is 0 Å². The number of likely N-dealkylation sites (tertiary alicyclic amines) is 1. The lowest BCUT2D eigenvalue weighted by Gasteiger charge is -2.36. The minimum atomic E-state index is 0.785. The Kier molecular flexibility index (Phi) is 5.46. The molecule has 0 amide bonds. The fourth-order valence-corrected chi connectivity index (χ4v) is 3.81. The molecule has 0 radical (unpaired) electrons. The Labute approximate surface area is 113 Å². The van der Waals surface area contributed by atoms with Crippen molar-refractivity contribution in [1.82, 2.24) is 15.1 Å². The molecule has 2 rings (SSSR count). The summed E-state index contributed by atoms with van der Waals surface area (Å²) in [5, 5.41) is 3.50. The molecule has 106 valence electrons. The van der Waals surface area contributed by atoms with Crippen LogP contribution in [-0.4, -0.2) is 62.7 Å². The Morgan fingerprint density at radius 3 is 2.78 bits per heavy atom. The summed E-state index contributed by atoms with van der Waals surface area (Å²) in [5.41, 5.74) is 0. The molecule has 1 saturated carbocycles. The molecule has 1 aliphatic carbocycles. The third-order valence-corrected chi connectivity index (χ3v) is 5.11. The Bertz CT molecular complexity index is 244. The van der Waals surface area contributed by atoms with Crippen molar-refractivity contribution in [3.05, 3.63) is 0 Å². The monoisotopic (exact) mass is 253 g/mol. The predicted molar refractivity (Wildman–Crippen MR) is 78.0 cm³/mol. The van der Waals surface area contributed by atoms with E-state index in [0.29, 0.717) is 0 Å². The van der Waals surface area contributed by atoms with E-state index in [4.69, 9.17) is 0 Å². The lowest BCUT2D eigenvalue weighted by Crippen LogP contribution is -2.45. The van der Waals surface area contributed by atoms with Gasteiger partial charge in [0.2, 0.25) is 0 Å². The van der Waals surface area contributed by atoms with Crippen LogP contribution in [0.15, 0.2) is 0 Å². The van der Waals surface area contributed by atoms with E-state index in [1.54, 1.807) is 0 Å². The van der Waals surface area contributed by atoms with Gasteiger partial charge in [0.25, 0.3) is 0 Å². The number of piperidine rings is 1. The largest absolute Gasteiger partial charge is 0.317 e. The molecule has 3 nitrogen and oxygen atoms in total. The van der Waals surface area contributed by atoms with Crippen molar-refractivity contribution in [1.29, 1.82) is 0 Å². The lowest BCUT2D eigenvalue weighted by atomic mass is 9.98. The summed E-state index contributed by atoms with van der Waals surface area (Å²) in [5.74, 6) is 0.916. The topological polar surface area (TPSA) is 18.5 Å². The van der Waals surface area contributed by atoms with Gasteiger partial charge in [-0.25, -0.2) is 0 Å². The average Bonchev–Trinajstić information content (AvgIpc) is 2.83. The lowest BCUT2D eigenvalue weighted by molar-refractivity contribution is 0.127. The molecule has 2 aliphatic rings. The summed E-state index contributed by atoms with van der Waals surface area (Å²) in [4.78, 5) is 5.09. The Morgan fingerprint density at radius 2 is 2.06 bits per heavy atom. The van der Waals surface area contributed by atoms with Gasteiger partial charge in [-0.15, -0.1) is 0 Å². The van der Waals surface area contributed by atoms with Crippen molar-refractivity contribution < 1.29 is 0 Å². The Morgan fingerprint density at radius 1 is 1.22 bits per heavy atom. The molecule has 18 heavy (non-hydrogen) atoms. The van der Waals surface area contributed by atoms with Crippen LogP contribution in [0.5, 0.6) is 0 Å². The first kappa shape index (κ1) is 14.3. The molecule has 0 aromatic carbocycles. The van der Waals surface area contributed by atoms with Crippen LogP contribution in [-0.2, 0) is 0 Å². The van der Waals surface area contributed by atoms with Gasteiger partial charge in [-0.3, -0.25) is 0 Å². The fraction of sp³-hybridized carbons (Fsp3) is 1.00. The smallest absolute Gasteiger partial charge is 0.0220 e. The van der Waals surface area contributed by atoms with Crippen molar-refractivity contribution in [2.75, 3.05) is 40.8 Å². The zero-order valence-corrected chi connectivity index (χ0v) is 12.5. The summed E-state index contributed by atoms with van der Waals surface area (Å²) >= 11 is 0. The third-order valence-electron chi connectivity index (χ3n) is 5.11. The Balaban J connectivity index is 1.72. The van der Waals surface area contributed by atoms with E-state index in [0.717, 1.165) is 18.0 Å². The van der Waals surface area contributed by atoms with E-state index in [1.807, 2.05) is 0 Å². The van der Waals surface area contributed by atoms with Crippen molar-refractivity contribution in [3.63, 3.8) is 0 Å². The van der Waals surface area contributed by atoms with Crippen LogP contribution in [0.1, 0.15) is 38.5 Å². The van der Waals surface area contributed by atoms with Gasteiger partial charge in [-0.1, -0.05) is 6.42 Å². The maximum absolute atomic E-state index is 3.50. The number of nitrogens with zero attached hydrogens (tertiary/aromatic N) is 2. The van der Waals surface area contributed by atoms with Crippen LogP contribution in [0.3, 0.4) is 0 Å². The first-order valence-electron chi connectivity index (χ1n) is 7.76. The second kappa shape index (κ2) is 6.88. The molecular formula is C15H31N3. The summed E-state index contributed by atoms with van der Waals surface area (Å²) in [6.45, 7) is 3.83. The van der Waals surface area contributed by atoms with Gasteiger partial charge >= 0.3 is 0 Å². The molecule has 3 atom stereocenters. The highest BCUT2D eigenvalue weighted by Gasteiger charge is 2.27. The standard InChI is InChI=1S/C15H31N3/c1-16-15-8-4-6-13(15)9-11-18(3)14-7-5-10-17(2)12-14/h13-16H,4-12H2,1-3H3. The fourth-order valence-electron chi connectivity index (χ4n) is 3.81. The van der Waals surface area contributed by atoms with Crippen molar-refractivity contribution in [3.8, 4) is 0 Å². The molecule has 0 aromatic heterocycles. The Hall–Kier alpha value is -0.120. The van der Waals surface area contributed by atoms with Gasteiger partial charge in [-0.05, 0) is 72.3 Å². The molecule has 1 aliphatic heterocycles. The number of hydrogen-bond donors (Lipinski definition) is 1. The van der Waals surface area contributed by atoms with Crippen LogP contribution in [0.2, 0.25) is 0 Å². The highest BCUT2D eigenvalue weighted by Crippen LogP contribution is 2.28. The van der Waals surface area contributed by atoms with E-state index in [-0.39, 0.29) is 0 Å². The van der Waals surface area contributed by atoms with Crippen LogP contribution in [0, 0.1) is 5.92 Å². The van der Waals surface area contributed by atoms with Crippen LogP contribution in [0.4, 0.5) is 0 Å². The number of rotatable bonds is 5. The van der Waals surface area contributed by atoms with Gasteiger partial charge in [0.1, 0.15) is 0 Å². The molecule has 0 bridgehead atoms. The van der Waals surface area contributed by atoms with Crippen LogP contribution >= 0.6 is 0 Å². The van der Waals surface area contributed by atoms with Gasteiger partial charge in [0, 0.05) is 18.6 Å². The van der Waals surface area contributed by atoms with Gasteiger partial charge in [0.15, 0.2) is 0 Å². The average molecular weight is 253 g/mol. The number of nitrogens with one attached hydrogen (secondary N) is 1. The molecule has 3 unspecified atom stereocenters. The highest BCUT2D eigenvalue weighted by molar-refractivity contribution is 4.84. The SMILES string of the molecule is CNC1CCCC1CCN(C)C1CCCN(C)C1. The van der Waals surface area contributed by atoms with Crippen molar-refractivity contribution in [2.24, 2.45) is 5.92 Å². The van der Waals surface area contributed by atoms with E-state index in [9.17, 15) is 0 Å². The molecule has 1 heterocycles. The molecule has 1 N–H and O–H groups in total. The zero-order valence-electron chi connectivity index (χ0n) is 12.5. The van der Waals surface area contributed by atoms with Gasteiger partial charge < -0.3 is 15.1 Å². The predicted octanol–water partition coefficient (Wildman–Crippen LogP) is 1.79. The summed E-state index contributed by atoms with van der Waals surface area (Å²) in [6, 6.07) is 1.57. The molecule has 1 saturated heterocycles. The first-order chi connectivity index (χ1) is 8.70. The number of likely N-dealkylation sites (N-methyl/N-ethyl adjacent to an activating group) is 2. The molecule has 3 heteroatoms. The normalized spacial score (nSPS) is 34.3. The second-order valence-electron chi connectivity index (χ2n) is 6.41. The summed E-state index contributed by atoms with van der Waals surface area (Å²) in [7, 11) is 6.71. The van der Waals surface area contributed by atoms with Gasteiger partial charge in [0.05, 0.1) is 0 Å². The maximum atomic E-state index is 3.50. The van der Waals surface area contributed by atoms with Gasteiger partial charge in [-0.2, -0.15) is 0 Å². The minimum absolute atomic E-state index is 0.785. The highest BCUT2D eigenvalue weighted by atomic mass is 15.2. The zero-order chi connectivity index (χ0) is 13.0. The first-order valence-corrected chi connectivity index (χ1v) is 7.76. The van der Waals surface area contributed by atoms with Crippen LogP contribution < -0.4 is 5.32 Å². The maximum Gasteiger partial charge on any atom is 0.0220 e. The van der Waals surface area contributed by atoms with E-state index >= 15 is 0 Å². The molecule has 2 fully saturated rings. The van der Waals surface area contributed by atoms with Crippen molar-refractivity contribution in [2.45, 2.75) is 50.6 Å². The quantitative estimate of drug-likeness (QED) is 0.806. The molecule has 0 aromatic rings. The molecule has 0 spiro atoms. The minimum Gasteiger partial charge on any atom is -0.317 e. The molecular weight excluding hydrogens is 222 g/mol. The summed E-state index contributed by atoms with van der Waals surface area (Å²) < 4.78 is 0. The number of hydrogen-bond acceptors (Lipinski definition) is 3. The second-order valence-corrected chi connectivity index (χ2v) is 6.41. The van der Waals surface area contributed by atoms with E-state index < -0.39 is 0 Å².